The number of rotatable bonds is 10. The molecule has 0 radical (unpaired) electrons. The van der Waals surface area contributed by atoms with Gasteiger partial charge in [0.2, 0.25) is 0 Å². The van der Waals surface area contributed by atoms with Crippen LogP contribution in [0.25, 0.3) is 23.1 Å². The first-order chi connectivity index (χ1) is 17.9. The van der Waals surface area contributed by atoms with Gasteiger partial charge in [-0.2, -0.15) is 11.8 Å². The van der Waals surface area contributed by atoms with Crippen LogP contribution >= 0.6 is 23.4 Å². The van der Waals surface area contributed by atoms with Crippen molar-refractivity contribution in [2.75, 3.05) is 11.5 Å². The minimum absolute atomic E-state index is 0.226. The maximum atomic E-state index is 10.9. The van der Waals surface area contributed by atoms with Gasteiger partial charge in [0.15, 0.2) is 0 Å². The number of pyridine rings is 1. The Balaban J connectivity index is 1.42. The molecule has 1 aliphatic carbocycles. The van der Waals surface area contributed by atoms with Crippen molar-refractivity contribution in [1.29, 1.82) is 0 Å². The first kappa shape index (κ1) is 26.0. The Kier molecular flexibility index (Phi) is 8.04. The maximum Gasteiger partial charge on any atom is 0.0843 e. The summed E-state index contributed by atoms with van der Waals surface area (Å²) in [6.07, 6.45) is 8.02. The summed E-state index contributed by atoms with van der Waals surface area (Å²) >= 11 is 8.24. The molecule has 1 aliphatic rings. The summed E-state index contributed by atoms with van der Waals surface area (Å²) in [5, 5.41) is 12.7. The quantitative estimate of drug-likeness (QED) is 0.209. The highest BCUT2D eigenvalue weighted by atomic mass is 35.5. The molecular formula is C33H34ClNOS. The molecule has 0 spiro atoms. The fourth-order valence-corrected chi connectivity index (χ4v) is 6.26. The van der Waals surface area contributed by atoms with Gasteiger partial charge in [-0.05, 0) is 97.1 Å². The molecule has 1 unspecified atom stereocenters. The lowest BCUT2D eigenvalue weighted by Gasteiger charge is -2.27. The van der Waals surface area contributed by atoms with Crippen molar-refractivity contribution >= 4 is 46.4 Å². The van der Waals surface area contributed by atoms with E-state index in [0.29, 0.717) is 5.02 Å². The van der Waals surface area contributed by atoms with Crippen LogP contribution in [0, 0.1) is 5.92 Å². The smallest absolute Gasteiger partial charge is 0.0843 e. The van der Waals surface area contributed by atoms with E-state index in [2.05, 4.69) is 72.4 Å². The molecule has 0 amide bonds. The molecule has 37 heavy (non-hydrogen) atoms. The van der Waals surface area contributed by atoms with Crippen LogP contribution in [-0.4, -0.2) is 21.6 Å². The van der Waals surface area contributed by atoms with Crippen LogP contribution in [0.4, 0.5) is 0 Å². The molecule has 190 valence electrons. The lowest BCUT2D eigenvalue weighted by atomic mass is 9.81. The number of nitrogens with zero attached hydrogens (tertiary/aromatic N) is 1. The Morgan fingerprint density at radius 3 is 2.62 bits per heavy atom. The van der Waals surface area contributed by atoms with Crippen LogP contribution in [0.3, 0.4) is 0 Å². The van der Waals surface area contributed by atoms with Gasteiger partial charge in [0.05, 0.1) is 16.8 Å². The monoisotopic (exact) mass is 527 g/mol. The van der Waals surface area contributed by atoms with Gasteiger partial charge < -0.3 is 5.11 Å². The zero-order valence-electron chi connectivity index (χ0n) is 21.5. The predicted octanol–water partition coefficient (Wildman–Crippen LogP) is 8.95. The molecule has 1 saturated carbocycles. The average molecular weight is 528 g/mol. The van der Waals surface area contributed by atoms with E-state index in [-0.39, 0.29) is 5.92 Å². The zero-order chi connectivity index (χ0) is 25.8. The number of thioether (sulfide) groups is 1. The molecule has 2 nitrogen and oxygen atoms in total. The van der Waals surface area contributed by atoms with E-state index in [4.69, 9.17) is 16.6 Å². The lowest BCUT2D eigenvalue weighted by molar-refractivity contribution is 0.0773. The van der Waals surface area contributed by atoms with Gasteiger partial charge in [-0.1, -0.05) is 78.3 Å². The molecule has 1 heterocycles. The van der Waals surface area contributed by atoms with Crippen LogP contribution in [-0.2, 0) is 5.60 Å². The molecular weight excluding hydrogens is 494 g/mol. The average Bonchev–Trinajstić information content (AvgIpc) is 3.71. The number of aliphatic hydroxyl groups is 1. The second-order valence-corrected chi connectivity index (χ2v) is 12.2. The number of aromatic nitrogens is 1. The van der Waals surface area contributed by atoms with Crippen molar-refractivity contribution in [3.63, 3.8) is 0 Å². The molecule has 0 bridgehead atoms. The lowest BCUT2D eigenvalue weighted by Crippen LogP contribution is -2.20. The molecule has 0 saturated heterocycles. The third kappa shape index (κ3) is 6.84. The third-order valence-corrected chi connectivity index (χ3v) is 8.50. The first-order valence-corrected chi connectivity index (χ1v) is 14.6. The molecule has 1 atom stereocenters. The topological polar surface area (TPSA) is 33.1 Å². The second kappa shape index (κ2) is 11.4. The van der Waals surface area contributed by atoms with Crippen molar-refractivity contribution < 1.29 is 5.11 Å². The summed E-state index contributed by atoms with van der Waals surface area (Å²) in [6, 6.07) is 27.1. The zero-order valence-corrected chi connectivity index (χ0v) is 23.1. The van der Waals surface area contributed by atoms with E-state index in [1.54, 1.807) is 0 Å². The molecule has 4 heteroatoms. The van der Waals surface area contributed by atoms with E-state index in [1.807, 2.05) is 44.2 Å². The van der Waals surface area contributed by atoms with Crippen molar-refractivity contribution in [1.82, 2.24) is 4.98 Å². The van der Waals surface area contributed by atoms with Crippen molar-refractivity contribution in [3.8, 4) is 0 Å². The summed E-state index contributed by atoms with van der Waals surface area (Å²) in [5.74, 6) is 3.54. The Morgan fingerprint density at radius 2 is 1.81 bits per heavy atom. The van der Waals surface area contributed by atoms with Crippen LogP contribution < -0.4 is 0 Å². The number of hydrogen-bond donors (Lipinski definition) is 1. The molecule has 0 aliphatic heterocycles. The number of halogens is 1. The third-order valence-electron chi connectivity index (χ3n) is 7.03. The van der Waals surface area contributed by atoms with Crippen LogP contribution in [0.1, 0.15) is 67.0 Å². The minimum atomic E-state index is -0.891. The summed E-state index contributed by atoms with van der Waals surface area (Å²) in [7, 11) is 0. The SMILES string of the molecule is CC(C)(O)c1ccccc1C(CCSCC1CC1)c1cccc(/C=C/c2ccc3ccc(Cl)cc3n2)c1. The summed E-state index contributed by atoms with van der Waals surface area (Å²) in [5.41, 5.74) is 5.56. The van der Waals surface area contributed by atoms with Gasteiger partial charge in [0.1, 0.15) is 0 Å². The molecule has 1 N–H and O–H groups in total. The van der Waals surface area contributed by atoms with Crippen molar-refractivity contribution in [3.05, 3.63) is 112 Å². The molecule has 1 fully saturated rings. The molecule has 1 aromatic heterocycles. The Hall–Kier alpha value is -2.59. The Labute approximate surface area is 229 Å². The van der Waals surface area contributed by atoms with Crippen molar-refractivity contribution in [2.24, 2.45) is 5.92 Å². The first-order valence-electron chi connectivity index (χ1n) is 13.1. The van der Waals surface area contributed by atoms with E-state index in [1.165, 1.54) is 29.7 Å². The summed E-state index contributed by atoms with van der Waals surface area (Å²) < 4.78 is 0. The largest absolute Gasteiger partial charge is 0.386 e. The minimum Gasteiger partial charge on any atom is -0.386 e. The highest BCUT2D eigenvalue weighted by Crippen LogP contribution is 2.38. The Morgan fingerprint density at radius 1 is 1.00 bits per heavy atom. The van der Waals surface area contributed by atoms with Crippen LogP contribution in [0.2, 0.25) is 5.02 Å². The highest BCUT2D eigenvalue weighted by Gasteiger charge is 2.26. The number of benzene rings is 3. The summed E-state index contributed by atoms with van der Waals surface area (Å²) in [4.78, 5) is 4.76. The summed E-state index contributed by atoms with van der Waals surface area (Å²) in [6.45, 7) is 3.77. The molecule has 3 aromatic carbocycles. The molecule has 4 aromatic rings. The molecule has 5 rings (SSSR count). The van der Waals surface area contributed by atoms with Crippen molar-refractivity contribution in [2.45, 2.75) is 44.6 Å². The van der Waals surface area contributed by atoms with E-state index < -0.39 is 5.60 Å². The highest BCUT2D eigenvalue weighted by molar-refractivity contribution is 7.99. The van der Waals surface area contributed by atoms with Crippen LogP contribution in [0.5, 0.6) is 0 Å². The maximum absolute atomic E-state index is 10.9. The fraction of sp³-hybridized carbons (Fsp3) is 0.303. The Bertz CT molecular complexity index is 1400. The van der Waals surface area contributed by atoms with E-state index in [9.17, 15) is 5.11 Å². The number of hydrogen-bond acceptors (Lipinski definition) is 3. The van der Waals surface area contributed by atoms with Gasteiger partial charge in [-0.15, -0.1) is 0 Å². The van der Waals surface area contributed by atoms with Gasteiger partial charge in [0, 0.05) is 16.3 Å². The van der Waals surface area contributed by atoms with E-state index in [0.717, 1.165) is 45.8 Å². The second-order valence-electron chi connectivity index (χ2n) is 10.6. The fourth-order valence-electron chi connectivity index (χ4n) is 4.86. The predicted molar refractivity (Wildman–Crippen MR) is 160 cm³/mol. The van der Waals surface area contributed by atoms with Gasteiger partial charge >= 0.3 is 0 Å². The van der Waals surface area contributed by atoms with Gasteiger partial charge in [0.25, 0.3) is 0 Å². The normalized spacial score (nSPS) is 14.9. The number of fused-ring (bicyclic) bond motifs is 1. The van der Waals surface area contributed by atoms with Gasteiger partial charge in [-0.3, -0.25) is 0 Å². The van der Waals surface area contributed by atoms with E-state index >= 15 is 0 Å². The van der Waals surface area contributed by atoms with Gasteiger partial charge in [-0.25, -0.2) is 4.98 Å². The van der Waals surface area contributed by atoms with Crippen LogP contribution in [0.15, 0.2) is 78.9 Å². The standard InChI is InChI=1S/C33H34ClNOS/c1-33(2,36)31-9-4-3-8-30(31)29(18-19-37-22-24-10-11-24)26-7-5-6-23(20-26)12-16-28-17-14-25-13-15-27(34)21-32(25)35-28/h3-9,12-17,20-21,24,29,36H,10-11,18-19,22H2,1-2H3/b16-12+.